The van der Waals surface area contributed by atoms with Gasteiger partial charge in [0.05, 0.1) is 24.7 Å². The number of sulfonamides is 1. The molecular weight excluding hydrogens is 448 g/mol. The molecule has 0 spiro atoms. The fourth-order valence-corrected chi connectivity index (χ4v) is 6.00. The average Bonchev–Trinajstić information content (AvgIpc) is 3.35. The van der Waals surface area contributed by atoms with Gasteiger partial charge in [0.2, 0.25) is 0 Å². The zero-order chi connectivity index (χ0) is 23.7. The van der Waals surface area contributed by atoms with Gasteiger partial charge in [0.1, 0.15) is 11.5 Å². The minimum absolute atomic E-state index is 0.118. The van der Waals surface area contributed by atoms with Crippen LogP contribution in [0, 0.1) is 5.92 Å². The maximum Gasteiger partial charge on any atom is 0.261 e. The molecular formula is C27H28N2O4S. The van der Waals surface area contributed by atoms with Gasteiger partial charge in [-0.2, -0.15) is 0 Å². The van der Waals surface area contributed by atoms with E-state index in [0.29, 0.717) is 24.0 Å². The Labute approximate surface area is 200 Å². The van der Waals surface area contributed by atoms with Crippen molar-refractivity contribution in [1.82, 2.24) is 0 Å². The summed E-state index contributed by atoms with van der Waals surface area (Å²) in [5.41, 5.74) is 3.63. The summed E-state index contributed by atoms with van der Waals surface area (Å²) in [4.78, 5) is 0.251. The average molecular weight is 477 g/mol. The SMILES string of the molecule is CCOc1ccc(NS(=O)(=O)c2ccc3c(c2)C2C=CCC2C(c2cccc(OC)c2)N3)cc1. The molecule has 176 valence electrons. The molecule has 5 rings (SSSR count). The van der Waals surface area contributed by atoms with Crippen molar-refractivity contribution in [2.75, 3.05) is 23.8 Å². The second-order valence-corrected chi connectivity index (χ2v) is 10.2. The molecule has 3 aromatic rings. The molecule has 0 amide bonds. The number of allylic oxidation sites excluding steroid dienone is 2. The van der Waals surface area contributed by atoms with Crippen LogP contribution in [0.25, 0.3) is 0 Å². The summed E-state index contributed by atoms with van der Waals surface area (Å²) in [5.74, 6) is 1.98. The summed E-state index contributed by atoms with van der Waals surface area (Å²) in [6.45, 7) is 2.47. The fourth-order valence-electron chi connectivity index (χ4n) is 4.90. The Hall–Kier alpha value is -3.45. The van der Waals surface area contributed by atoms with Crippen molar-refractivity contribution in [2.24, 2.45) is 5.92 Å². The number of anilines is 2. The predicted octanol–water partition coefficient (Wildman–Crippen LogP) is 5.72. The van der Waals surface area contributed by atoms with Crippen molar-refractivity contribution < 1.29 is 17.9 Å². The van der Waals surface area contributed by atoms with Gasteiger partial charge >= 0.3 is 0 Å². The Balaban J connectivity index is 1.43. The molecule has 0 radical (unpaired) electrons. The first-order chi connectivity index (χ1) is 16.5. The Morgan fingerprint density at radius 1 is 1.03 bits per heavy atom. The van der Waals surface area contributed by atoms with Crippen molar-refractivity contribution in [2.45, 2.75) is 30.2 Å². The fraction of sp³-hybridized carbons (Fsp3) is 0.259. The summed E-state index contributed by atoms with van der Waals surface area (Å²) >= 11 is 0. The van der Waals surface area contributed by atoms with Gasteiger partial charge in [-0.25, -0.2) is 8.42 Å². The monoisotopic (exact) mass is 476 g/mol. The highest BCUT2D eigenvalue weighted by atomic mass is 32.2. The maximum atomic E-state index is 13.2. The molecule has 1 aliphatic carbocycles. The van der Waals surface area contributed by atoms with Crippen molar-refractivity contribution in [3.8, 4) is 11.5 Å². The number of fused-ring (bicyclic) bond motifs is 3. The third kappa shape index (κ3) is 4.23. The van der Waals surface area contributed by atoms with Crippen LogP contribution in [0.15, 0.2) is 83.8 Å². The van der Waals surface area contributed by atoms with E-state index in [9.17, 15) is 8.42 Å². The maximum absolute atomic E-state index is 13.2. The van der Waals surface area contributed by atoms with E-state index < -0.39 is 10.0 Å². The number of rotatable bonds is 7. The minimum Gasteiger partial charge on any atom is -0.497 e. The molecule has 6 nitrogen and oxygen atoms in total. The molecule has 0 saturated carbocycles. The van der Waals surface area contributed by atoms with Crippen LogP contribution in [0.5, 0.6) is 11.5 Å². The normalized spacial score (nSPS) is 20.7. The smallest absolute Gasteiger partial charge is 0.261 e. The van der Waals surface area contributed by atoms with Crippen LogP contribution in [0.4, 0.5) is 11.4 Å². The zero-order valence-electron chi connectivity index (χ0n) is 19.2. The summed E-state index contributed by atoms with van der Waals surface area (Å²) in [6, 6.07) is 20.5. The Kier molecular flexibility index (Phi) is 5.96. The summed E-state index contributed by atoms with van der Waals surface area (Å²) < 4.78 is 39.8. The van der Waals surface area contributed by atoms with Crippen LogP contribution in [-0.2, 0) is 10.0 Å². The topological polar surface area (TPSA) is 76.7 Å². The van der Waals surface area contributed by atoms with Crippen LogP contribution < -0.4 is 19.5 Å². The predicted molar refractivity (Wildman–Crippen MR) is 134 cm³/mol. The molecule has 34 heavy (non-hydrogen) atoms. The van der Waals surface area contributed by atoms with Gasteiger partial charge in [0.15, 0.2) is 0 Å². The number of hydrogen-bond donors (Lipinski definition) is 2. The minimum atomic E-state index is -3.73. The highest BCUT2D eigenvalue weighted by Crippen LogP contribution is 2.50. The summed E-state index contributed by atoms with van der Waals surface area (Å²) in [5, 5.41) is 3.66. The van der Waals surface area contributed by atoms with E-state index in [2.05, 4.69) is 34.3 Å². The van der Waals surface area contributed by atoms with E-state index >= 15 is 0 Å². The van der Waals surface area contributed by atoms with Crippen molar-refractivity contribution in [3.05, 3.63) is 90.0 Å². The lowest BCUT2D eigenvalue weighted by Crippen LogP contribution is -2.29. The first-order valence-corrected chi connectivity index (χ1v) is 12.9. The van der Waals surface area contributed by atoms with Gasteiger partial charge in [-0.3, -0.25) is 4.72 Å². The van der Waals surface area contributed by atoms with Gasteiger partial charge in [0.25, 0.3) is 10.0 Å². The lowest BCUT2D eigenvalue weighted by Gasteiger charge is -2.37. The first-order valence-electron chi connectivity index (χ1n) is 11.5. The van der Waals surface area contributed by atoms with E-state index in [-0.39, 0.29) is 16.9 Å². The standard InChI is InChI=1S/C27H28N2O4S/c1-3-33-20-12-10-19(11-13-20)29-34(30,31)22-14-15-26-25(17-22)23-8-5-9-24(23)27(28-26)18-6-4-7-21(16-18)32-2/h4-8,10-17,23-24,27-29H,3,9H2,1-2H3. The Bertz CT molecular complexity index is 1320. The Morgan fingerprint density at radius 3 is 2.62 bits per heavy atom. The Morgan fingerprint density at radius 2 is 1.85 bits per heavy atom. The molecule has 0 fully saturated rings. The van der Waals surface area contributed by atoms with E-state index in [1.54, 1.807) is 43.5 Å². The molecule has 0 aromatic heterocycles. The number of nitrogens with one attached hydrogen (secondary N) is 2. The van der Waals surface area contributed by atoms with Crippen LogP contribution in [-0.4, -0.2) is 22.1 Å². The molecule has 1 heterocycles. The van der Waals surface area contributed by atoms with Crippen LogP contribution in [0.1, 0.15) is 36.4 Å². The van der Waals surface area contributed by atoms with E-state index in [1.807, 2.05) is 25.1 Å². The third-order valence-electron chi connectivity index (χ3n) is 6.51. The van der Waals surface area contributed by atoms with Gasteiger partial charge in [0, 0.05) is 17.3 Å². The lowest BCUT2D eigenvalue weighted by molar-refractivity contribution is 0.340. The molecule has 3 unspecified atom stereocenters. The first kappa shape index (κ1) is 22.3. The molecule has 3 aromatic carbocycles. The largest absolute Gasteiger partial charge is 0.497 e. The van der Waals surface area contributed by atoms with Gasteiger partial charge < -0.3 is 14.8 Å². The van der Waals surface area contributed by atoms with Crippen LogP contribution in [0.2, 0.25) is 0 Å². The van der Waals surface area contributed by atoms with Crippen LogP contribution in [0.3, 0.4) is 0 Å². The van der Waals surface area contributed by atoms with E-state index in [1.165, 1.54) is 0 Å². The molecule has 7 heteroatoms. The molecule has 0 bridgehead atoms. The number of hydrogen-bond acceptors (Lipinski definition) is 5. The summed E-state index contributed by atoms with van der Waals surface area (Å²) in [6.07, 6.45) is 5.33. The number of ether oxygens (including phenoxy) is 2. The van der Waals surface area contributed by atoms with Gasteiger partial charge in [-0.05, 0) is 85.0 Å². The van der Waals surface area contributed by atoms with Crippen molar-refractivity contribution in [3.63, 3.8) is 0 Å². The van der Waals surface area contributed by atoms with Crippen molar-refractivity contribution >= 4 is 21.4 Å². The van der Waals surface area contributed by atoms with E-state index in [0.717, 1.165) is 29.0 Å². The second kappa shape index (κ2) is 9.06. The van der Waals surface area contributed by atoms with E-state index in [4.69, 9.17) is 9.47 Å². The van der Waals surface area contributed by atoms with Gasteiger partial charge in [-0.1, -0.05) is 24.3 Å². The number of benzene rings is 3. The molecule has 1 aliphatic heterocycles. The molecule has 3 atom stereocenters. The quantitative estimate of drug-likeness (QED) is 0.427. The van der Waals surface area contributed by atoms with Crippen molar-refractivity contribution in [1.29, 1.82) is 0 Å². The molecule has 0 saturated heterocycles. The van der Waals surface area contributed by atoms with Crippen LogP contribution >= 0.6 is 0 Å². The highest BCUT2D eigenvalue weighted by molar-refractivity contribution is 7.92. The highest BCUT2D eigenvalue weighted by Gasteiger charge is 2.38. The lowest BCUT2D eigenvalue weighted by atomic mass is 9.77. The molecule has 2 N–H and O–H groups in total. The summed E-state index contributed by atoms with van der Waals surface area (Å²) in [7, 11) is -2.06. The third-order valence-corrected chi connectivity index (χ3v) is 7.89. The zero-order valence-corrected chi connectivity index (χ0v) is 20.0. The van der Waals surface area contributed by atoms with Gasteiger partial charge in [-0.15, -0.1) is 0 Å². The molecule has 2 aliphatic rings. The number of methoxy groups -OCH3 is 1. The second-order valence-electron chi connectivity index (χ2n) is 8.56.